The van der Waals surface area contributed by atoms with Gasteiger partial charge >= 0.3 is 0 Å². The molecule has 100 valence electrons. The van der Waals surface area contributed by atoms with Gasteiger partial charge in [-0.1, -0.05) is 0 Å². The van der Waals surface area contributed by atoms with Crippen molar-refractivity contribution >= 4 is 5.91 Å². The van der Waals surface area contributed by atoms with E-state index in [-0.39, 0.29) is 11.9 Å². The van der Waals surface area contributed by atoms with Crippen LogP contribution in [0.4, 0.5) is 0 Å². The van der Waals surface area contributed by atoms with E-state index < -0.39 is 0 Å². The first-order valence-electron chi connectivity index (χ1n) is 5.96. The van der Waals surface area contributed by atoms with Gasteiger partial charge < -0.3 is 14.8 Å². The normalized spacial score (nSPS) is 11.8. The smallest absolute Gasteiger partial charge is 0.217 e. The number of carbonyl (C=O) groups is 1. The van der Waals surface area contributed by atoms with Gasteiger partial charge in [-0.25, -0.2) is 0 Å². The lowest BCUT2D eigenvalue weighted by Gasteiger charge is -2.17. The molecule has 1 aromatic carbocycles. The van der Waals surface area contributed by atoms with Crippen LogP contribution in [0.2, 0.25) is 0 Å². The van der Waals surface area contributed by atoms with Crippen LogP contribution in [0.25, 0.3) is 0 Å². The van der Waals surface area contributed by atoms with Crippen molar-refractivity contribution in [2.24, 2.45) is 0 Å². The molecule has 4 heteroatoms. The summed E-state index contributed by atoms with van der Waals surface area (Å²) in [5.41, 5.74) is 2.06. The Balaban J connectivity index is 2.95. The molecule has 0 unspecified atom stereocenters. The molecule has 4 nitrogen and oxygen atoms in total. The number of methoxy groups -OCH3 is 2. The molecule has 0 radical (unpaired) electrons. The minimum atomic E-state index is -0.0273. The lowest BCUT2D eigenvalue weighted by Crippen LogP contribution is -2.32. The molecule has 0 aromatic heterocycles. The minimum Gasteiger partial charge on any atom is -0.496 e. The van der Waals surface area contributed by atoms with Crippen molar-refractivity contribution in [2.45, 2.75) is 33.2 Å². The van der Waals surface area contributed by atoms with Crippen LogP contribution in [-0.4, -0.2) is 26.2 Å². The van der Waals surface area contributed by atoms with Gasteiger partial charge in [-0.15, -0.1) is 0 Å². The first kappa shape index (κ1) is 14.4. The summed E-state index contributed by atoms with van der Waals surface area (Å²) in [7, 11) is 3.30. The summed E-state index contributed by atoms with van der Waals surface area (Å²) in [6.45, 7) is 5.46. The number of hydrogen-bond acceptors (Lipinski definition) is 3. The summed E-state index contributed by atoms with van der Waals surface area (Å²) >= 11 is 0. The maximum atomic E-state index is 11.0. The van der Waals surface area contributed by atoms with Crippen LogP contribution in [0.15, 0.2) is 12.1 Å². The van der Waals surface area contributed by atoms with E-state index in [4.69, 9.17) is 9.47 Å². The number of amides is 1. The van der Waals surface area contributed by atoms with Crippen molar-refractivity contribution in [1.29, 1.82) is 0 Å². The summed E-state index contributed by atoms with van der Waals surface area (Å²) < 4.78 is 10.7. The summed E-state index contributed by atoms with van der Waals surface area (Å²) in [6.07, 6.45) is 0.708. The first-order chi connectivity index (χ1) is 8.47. The quantitative estimate of drug-likeness (QED) is 0.871. The predicted molar refractivity (Wildman–Crippen MR) is 71.3 cm³/mol. The molecule has 0 fully saturated rings. The molecule has 1 aromatic rings. The summed E-state index contributed by atoms with van der Waals surface area (Å²) in [5, 5.41) is 2.86. The van der Waals surface area contributed by atoms with E-state index in [0.29, 0.717) is 6.42 Å². The summed E-state index contributed by atoms with van der Waals surface area (Å²) in [6, 6.07) is 3.98. The van der Waals surface area contributed by atoms with E-state index in [1.165, 1.54) is 6.92 Å². The third-order valence-corrected chi connectivity index (χ3v) is 2.77. The van der Waals surface area contributed by atoms with Gasteiger partial charge in [-0.2, -0.15) is 0 Å². The van der Waals surface area contributed by atoms with Gasteiger partial charge in [0.1, 0.15) is 11.5 Å². The number of rotatable bonds is 5. The topological polar surface area (TPSA) is 47.6 Å². The van der Waals surface area contributed by atoms with E-state index in [2.05, 4.69) is 5.32 Å². The Morgan fingerprint density at radius 2 is 1.89 bits per heavy atom. The van der Waals surface area contributed by atoms with Crippen molar-refractivity contribution in [3.63, 3.8) is 0 Å². The molecule has 0 heterocycles. The molecule has 1 N–H and O–H groups in total. The Bertz CT molecular complexity index is 429. The minimum absolute atomic E-state index is 0.0273. The van der Waals surface area contributed by atoms with Crippen LogP contribution in [-0.2, 0) is 11.2 Å². The van der Waals surface area contributed by atoms with Crippen LogP contribution in [0, 0.1) is 6.92 Å². The Kier molecular flexibility index (Phi) is 5.01. The number of hydrogen-bond donors (Lipinski definition) is 1. The van der Waals surface area contributed by atoms with Crippen molar-refractivity contribution < 1.29 is 14.3 Å². The molecule has 0 aliphatic heterocycles. The van der Waals surface area contributed by atoms with Crippen LogP contribution in [0.5, 0.6) is 11.5 Å². The highest BCUT2D eigenvalue weighted by Gasteiger charge is 2.12. The van der Waals surface area contributed by atoms with Crippen LogP contribution in [0.3, 0.4) is 0 Å². The van der Waals surface area contributed by atoms with Crippen LogP contribution in [0.1, 0.15) is 25.0 Å². The van der Waals surface area contributed by atoms with E-state index >= 15 is 0 Å². The number of nitrogens with one attached hydrogen (secondary N) is 1. The van der Waals surface area contributed by atoms with Crippen molar-refractivity contribution in [3.8, 4) is 11.5 Å². The van der Waals surface area contributed by atoms with E-state index in [0.717, 1.165) is 22.6 Å². The average molecular weight is 251 g/mol. The highest BCUT2D eigenvalue weighted by molar-refractivity contribution is 5.73. The zero-order valence-corrected chi connectivity index (χ0v) is 11.7. The lowest BCUT2D eigenvalue weighted by molar-refractivity contribution is -0.119. The molecule has 0 saturated carbocycles. The summed E-state index contributed by atoms with van der Waals surface area (Å²) in [4.78, 5) is 11.0. The zero-order valence-electron chi connectivity index (χ0n) is 11.7. The highest BCUT2D eigenvalue weighted by Crippen LogP contribution is 2.29. The zero-order chi connectivity index (χ0) is 13.7. The van der Waals surface area contributed by atoms with Crippen LogP contribution >= 0.6 is 0 Å². The number of ether oxygens (including phenoxy) is 2. The largest absolute Gasteiger partial charge is 0.496 e. The molecule has 0 aliphatic carbocycles. The second kappa shape index (κ2) is 6.28. The SMILES string of the molecule is COc1cc(C[C@H](C)NC(C)=O)c(OC)cc1C. The average Bonchev–Trinajstić information content (AvgIpc) is 2.29. The van der Waals surface area contributed by atoms with Gasteiger partial charge in [0.15, 0.2) is 0 Å². The summed E-state index contributed by atoms with van der Waals surface area (Å²) in [5.74, 6) is 1.63. The molecule has 0 bridgehead atoms. The van der Waals surface area contributed by atoms with Gasteiger partial charge in [0.25, 0.3) is 0 Å². The molecule has 1 atom stereocenters. The lowest BCUT2D eigenvalue weighted by atomic mass is 10.0. The fourth-order valence-electron chi connectivity index (χ4n) is 2.00. The molecule has 0 spiro atoms. The van der Waals surface area contributed by atoms with E-state index in [9.17, 15) is 4.79 Å². The molecular weight excluding hydrogens is 230 g/mol. The third kappa shape index (κ3) is 3.65. The van der Waals surface area contributed by atoms with E-state index in [1.807, 2.05) is 26.0 Å². The van der Waals surface area contributed by atoms with Gasteiger partial charge in [-0.05, 0) is 43.5 Å². The maximum Gasteiger partial charge on any atom is 0.217 e. The maximum absolute atomic E-state index is 11.0. The molecule has 18 heavy (non-hydrogen) atoms. The van der Waals surface area contributed by atoms with Crippen LogP contribution < -0.4 is 14.8 Å². The van der Waals surface area contributed by atoms with E-state index in [1.54, 1.807) is 14.2 Å². The van der Waals surface area contributed by atoms with Crippen molar-refractivity contribution in [2.75, 3.05) is 14.2 Å². The predicted octanol–water partition coefficient (Wildman–Crippen LogP) is 2.08. The fourth-order valence-corrected chi connectivity index (χ4v) is 2.00. The highest BCUT2D eigenvalue weighted by atomic mass is 16.5. The Morgan fingerprint density at radius 1 is 1.28 bits per heavy atom. The second-order valence-electron chi connectivity index (χ2n) is 4.44. The van der Waals surface area contributed by atoms with Gasteiger partial charge in [0.2, 0.25) is 5.91 Å². The number of benzene rings is 1. The molecular formula is C14H21NO3. The fraction of sp³-hybridized carbons (Fsp3) is 0.500. The number of carbonyl (C=O) groups excluding carboxylic acids is 1. The monoisotopic (exact) mass is 251 g/mol. The van der Waals surface area contributed by atoms with Gasteiger partial charge in [0.05, 0.1) is 14.2 Å². The Labute approximate surface area is 108 Å². The molecule has 0 saturated heterocycles. The molecule has 0 aliphatic rings. The second-order valence-corrected chi connectivity index (χ2v) is 4.44. The number of aryl methyl sites for hydroxylation is 1. The Hall–Kier alpha value is -1.71. The van der Waals surface area contributed by atoms with Crippen molar-refractivity contribution in [3.05, 3.63) is 23.3 Å². The van der Waals surface area contributed by atoms with Gasteiger partial charge in [-0.3, -0.25) is 4.79 Å². The third-order valence-electron chi connectivity index (χ3n) is 2.77. The standard InChI is InChI=1S/C14H21NO3/c1-9-6-14(18-5)12(8-13(9)17-4)7-10(2)15-11(3)16/h6,8,10H,7H2,1-5H3,(H,15,16)/t10-/m0/s1. The molecule has 1 rings (SSSR count). The van der Waals surface area contributed by atoms with Gasteiger partial charge in [0, 0.05) is 13.0 Å². The Morgan fingerprint density at radius 3 is 2.39 bits per heavy atom. The van der Waals surface area contributed by atoms with Crippen molar-refractivity contribution in [1.82, 2.24) is 5.32 Å². The first-order valence-corrected chi connectivity index (χ1v) is 5.96. The molecule has 1 amide bonds.